The van der Waals surface area contributed by atoms with Crippen molar-refractivity contribution in [3.63, 3.8) is 0 Å². The van der Waals surface area contributed by atoms with E-state index < -0.39 is 17.1 Å². The minimum Gasteiger partial charge on any atom is -0.493 e. The third-order valence-corrected chi connectivity index (χ3v) is 6.23. The lowest BCUT2D eigenvalue weighted by atomic mass is 10.2. The van der Waals surface area contributed by atoms with Crippen LogP contribution in [-0.2, 0) is 16.2 Å². The van der Waals surface area contributed by atoms with E-state index in [0.717, 1.165) is 17.3 Å². The molecule has 1 aliphatic rings. The molecule has 1 saturated heterocycles. The van der Waals surface area contributed by atoms with Crippen LogP contribution < -0.4 is 14.8 Å². The van der Waals surface area contributed by atoms with E-state index in [2.05, 4.69) is 31.4 Å². The van der Waals surface area contributed by atoms with Gasteiger partial charge in [-0.3, -0.25) is 9.59 Å². The van der Waals surface area contributed by atoms with Gasteiger partial charge in [-0.25, -0.2) is 0 Å². The van der Waals surface area contributed by atoms with Crippen LogP contribution in [0.3, 0.4) is 0 Å². The fourth-order valence-corrected chi connectivity index (χ4v) is 4.11. The number of methoxy groups -OCH3 is 1. The zero-order chi connectivity index (χ0) is 22.4. The van der Waals surface area contributed by atoms with Gasteiger partial charge in [0.25, 0.3) is 0 Å². The smallest absolute Gasteiger partial charge is 0.305 e. The molecule has 11 heteroatoms. The number of nitrogens with zero attached hydrogens (tertiary/aromatic N) is 2. The molecule has 1 unspecified atom stereocenters. The molecule has 1 heterocycles. The average Bonchev–Trinajstić information content (AvgIpc) is 3.07. The molecular formula is C20H17BrClN3O5S. The van der Waals surface area contributed by atoms with E-state index in [9.17, 15) is 9.59 Å². The van der Waals surface area contributed by atoms with Crippen LogP contribution in [0.25, 0.3) is 0 Å². The van der Waals surface area contributed by atoms with Gasteiger partial charge in [0.15, 0.2) is 16.7 Å². The predicted molar refractivity (Wildman–Crippen MR) is 123 cm³/mol. The van der Waals surface area contributed by atoms with Crippen molar-refractivity contribution in [2.75, 3.05) is 7.11 Å². The number of hydrogen-bond acceptors (Lipinski definition) is 7. The van der Waals surface area contributed by atoms with Gasteiger partial charge in [-0.2, -0.15) is 5.10 Å². The zero-order valence-corrected chi connectivity index (χ0v) is 19.3. The van der Waals surface area contributed by atoms with Gasteiger partial charge >= 0.3 is 5.97 Å². The van der Waals surface area contributed by atoms with Crippen molar-refractivity contribution >= 4 is 62.6 Å². The number of ether oxygens (including phenoxy) is 2. The fraction of sp³-hybridized carbons (Fsp3) is 0.200. The average molecular weight is 527 g/mol. The van der Waals surface area contributed by atoms with E-state index in [1.807, 2.05) is 18.2 Å². The first-order valence-corrected chi connectivity index (χ1v) is 11.0. The summed E-state index contributed by atoms with van der Waals surface area (Å²) in [6.45, 7) is 0.276. The summed E-state index contributed by atoms with van der Waals surface area (Å²) in [5.41, 5.74) is 1.52. The van der Waals surface area contributed by atoms with Crippen molar-refractivity contribution in [2.24, 2.45) is 10.2 Å². The van der Waals surface area contributed by atoms with Gasteiger partial charge in [0.05, 0.1) is 19.7 Å². The Morgan fingerprint density at radius 1 is 1.35 bits per heavy atom. The number of carbonyl (C=O) groups is 2. The molecule has 3 rings (SSSR count). The molecule has 8 nitrogen and oxygen atoms in total. The molecule has 1 amide bonds. The zero-order valence-electron chi connectivity index (χ0n) is 16.2. The van der Waals surface area contributed by atoms with Crippen molar-refractivity contribution < 1.29 is 24.2 Å². The van der Waals surface area contributed by atoms with Gasteiger partial charge in [0.2, 0.25) is 5.91 Å². The third kappa shape index (κ3) is 6.22. The number of aliphatic carboxylic acids is 1. The summed E-state index contributed by atoms with van der Waals surface area (Å²) in [4.78, 5) is 22.5. The minimum atomic E-state index is -1.05. The van der Waals surface area contributed by atoms with Gasteiger partial charge < -0.3 is 19.9 Å². The second kappa shape index (κ2) is 10.7. The molecule has 2 aromatic rings. The van der Waals surface area contributed by atoms with Crippen LogP contribution in [0.15, 0.2) is 51.1 Å². The van der Waals surface area contributed by atoms with Crippen LogP contribution in [0.1, 0.15) is 17.5 Å². The fourth-order valence-electron chi connectivity index (χ4n) is 2.58. The maximum absolute atomic E-state index is 11.7. The Bertz CT molecular complexity index is 1060. The van der Waals surface area contributed by atoms with E-state index in [0.29, 0.717) is 26.6 Å². The van der Waals surface area contributed by atoms with Gasteiger partial charge in [0, 0.05) is 20.6 Å². The monoisotopic (exact) mass is 525 g/mol. The number of carbonyl (C=O) groups excluding carboxylic acids is 1. The van der Waals surface area contributed by atoms with E-state index in [1.165, 1.54) is 13.3 Å². The van der Waals surface area contributed by atoms with Gasteiger partial charge in [-0.15, -0.1) is 5.10 Å². The molecule has 0 spiro atoms. The molecular weight excluding hydrogens is 510 g/mol. The highest BCUT2D eigenvalue weighted by Gasteiger charge is 2.32. The Hall–Kier alpha value is -2.56. The molecule has 162 valence electrons. The van der Waals surface area contributed by atoms with Crippen molar-refractivity contribution in [2.45, 2.75) is 18.3 Å². The predicted octanol–water partition coefficient (Wildman–Crippen LogP) is 4.09. The summed E-state index contributed by atoms with van der Waals surface area (Å²) in [5.74, 6) is -0.434. The molecule has 31 heavy (non-hydrogen) atoms. The number of benzene rings is 2. The first kappa shape index (κ1) is 23.1. The van der Waals surface area contributed by atoms with E-state index in [1.54, 1.807) is 18.2 Å². The molecule has 2 N–H and O–H groups in total. The van der Waals surface area contributed by atoms with Crippen LogP contribution in [0.2, 0.25) is 5.02 Å². The molecule has 0 bridgehead atoms. The third-order valence-electron chi connectivity index (χ3n) is 4.11. The van der Waals surface area contributed by atoms with E-state index in [-0.39, 0.29) is 18.2 Å². The Labute approximate surface area is 195 Å². The van der Waals surface area contributed by atoms with Crippen molar-refractivity contribution in [3.05, 3.63) is 57.0 Å². The minimum absolute atomic E-state index is 0.246. The second-order valence-corrected chi connectivity index (χ2v) is 8.70. The summed E-state index contributed by atoms with van der Waals surface area (Å²) >= 11 is 10.7. The highest BCUT2D eigenvalue weighted by atomic mass is 79.9. The Balaban J connectivity index is 1.70. The maximum Gasteiger partial charge on any atom is 0.305 e. The Morgan fingerprint density at radius 2 is 2.13 bits per heavy atom. The Kier molecular flexibility index (Phi) is 7.94. The number of carboxylic acids is 1. The molecule has 1 aliphatic heterocycles. The summed E-state index contributed by atoms with van der Waals surface area (Å²) in [5, 5.41) is 19.4. The molecule has 1 atom stereocenters. The van der Waals surface area contributed by atoms with Gasteiger partial charge in [-0.1, -0.05) is 41.6 Å². The van der Waals surface area contributed by atoms with Crippen LogP contribution in [0, 0.1) is 0 Å². The number of halogens is 2. The number of carboxylic acid groups (broad SMARTS) is 1. The lowest BCUT2D eigenvalue weighted by Crippen LogP contribution is -2.26. The second-order valence-electron chi connectivity index (χ2n) is 6.25. The number of rotatable bonds is 8. The molecule has 0 saturated carbocycles. The van der Waals surface area contributed by atoms with Crippen LogP contribution in [-0.4, -0.2) is 40.7 Å². The molecule has 0 aliphatic carbocycles. The lowest BCUT2D eigenvalue weighted by molar-refractivity contribution is -0.138. The highest BCUT2D eigenvalue weighted by molar-refractivity contribution is 9.10. The SMILES string of the molecule is COc1cc(C=NN=C2NC(=O)C(CC(=O)O)S2)c(Br)cc1OCc1ccccc1Cl. The molecule has 0 aromatic heterocycles. The van der Waals surface area contributed by atoms with Crippen LogP contribution >= 0.6 is 39.3 Å². The first-order valence-electron chi connectivity index (χ1n) is 8.91. The summed E-state index contributed by atoms with van der Waals surface area (Å²) < 4.78 is 12.0. The normalized spacial score (nSPS) is 17.2. The number of thioether (sulfide) groups is 1. The number of amidine groups is 1. The maximum atomic E-state index is 11.7. The topological polar surface area (TPSA) is 110 Å². The van der Waals surface area contributed by atoms with E-state index in [4.69, 9.17) is 26.2 Å². The highest BCUT2D eigenvalue weighted by Crippen LogP contribution is 2.34. The number of amides is 1. The number of hydrogen-bond donors (Lipinski definition) is 2. The summed E-state index contributed by atoms with van der Waals surface area (Å²) in [6, 6.07) is 10.9. The molecule has 0 radical (unpaired) electrons. The largest absolute Gasteiger partial charge is 0.493 e. The standard InChI is InChI=1S/C20H17BrClN3O5S/c1-29-15-6-12(9-23-25-20-24-19(28)17(31-20)8-18(26)27)13(21)7-16(15)30-10-11-4-2-3-5-14(11)22/h2-7,9,17H,8,10H2,1H3,(H,26,27)(H,24,25,28). The van der Waals surface area contributed by atoms with Crippen LogP contribution in [0.5, 0.6) is 11.5 Å². The Morgan fingerprint density at radius 3 is 2.84 bits per heavy atom. The summed E-state index contributed by atoms with van der Waals surface area (Å²) in [7, 11) is 1.53. The number of nitrogens with one attached hydrogen (secondary N) is 1. The van der Waals surface area contributed by atoms with Crippen molar-refractivity contribution in [1.82, 2.24) is 5.32 Å². The molecule has 2 aromatic carbocycles. The van der Waals surface area contributed by atoms with E-state index >= 15 is 0 Å². The van der Waals surface area contributed by atoms with Crippen molar-refractivity contribution in [3.8, 4) is 11.5 Å². The first-order chi connectivity index (χ1) is 14.9. The van der Waals surface area contributed by atoms with Gasteiger partial charge in [-0.05, 0) is 34.1 Å². The van der Waals surface area contributed by atoms with Gasteiger partial charge in [0.1, 0.15) is 11.9 Å². The quantitative estimate of drug-likeness (QED) is 0.396. The van der Waals surface area contributed by atoms with Crippen LogP contribution in [0.4, 0.5) is 0 Å². The van der Waals surface area contributed by atoms with Crippen molar-refractivity contribution in [1.29, 1.82) is 0 Å². The lowest BCUT2D eigenvalue weighted by Gasteiger charge is -2.13. The summed E-state index contributed by atoms with van der Waals surface area (Å²) in [6.07, 6.45) is 1.20. The molecule has 1 fully saturated rings.